The van der Waals surface area contributed by atoms with Gasteiger partial charge in [0.25, 0.3) is 0 Å². The van der Waals surface area contributed by atoms with E-state index >= 15 is 0 Å². The van der Waals surface area contributed by atoms with Crippen LogP contribution in [0.1, 0.15) is 69.2 Å². The quantitative estimate of drug-likeness (QED) is 0.636. The summed E-state index contributed by atoms with van der Waals surface area (Å²) in [7, 11) is 0. The molecule has 0 bridgehead atoms. The van der Waals surface area contributed by atoms with Gasteiger partial charge >= 0.3 is 0 Å². The minimum atomic E-state index is 0.895. The summed E-state index contributed by atoms with van der Waals surface area (Å²) in [5, 5.41) is 0. The van der Waals surface area contributed by atoms with E-state index in [1.54, 1.807) is 22.3 Å². The minimum absolute atomic E-state index is 0.895. The van der Waals surface area contributed by atoms with Crippen LogP contribution in [-0.2, 0) is 25.7 Å². The largest absolute Gasteiger partial charge is 0.0683 e. The molecule has 0 saturated carbocycles. The Hall–Kier alpha value is -0.780. The zero-order valence-corrected chi connectivity index (χ0v) is 13.3. The predicted octanol–water partition coefficient (Wildman–Crippen LogP) is 5.35. The van der Waals surface area contributed by atoms with E-state index in [-0.39, 0.29) is 0 Å². The van der Waals surface area contributed by atoms with E-state index in [2.05, 4.69) is 26.0 Å². The van der Waals surface area contributed by atoms with Crippen molar-refractivity contribution in [3.05, 3.63) is 34.4 Å². The molecule has 2 unspecified atom stereocenters. The van der Waals surface area contributed by atoms with Gasteiger partial charge in [-0.05, 0) is 72.6 Å². The van der Waals surface area contributed by atoms with Gasteiger partial charge in [-0.2, -0.15) is 0 Å². The van der Waals surface area contributed by atoms with E-state index < -0.39 is 0 Å². The maximum atomic E-state index is 2.56. The van der Waals surface area contributed by atoms with E-state index in [1.165, 1.54) is 44.9 Å². The fourth-order valence-corrected chi connectivity index (χ4v) is 3.64. The molecule has 1 aromatic carbocycles. The first-order valence-corrected chi connectivity index (χ1v) is 8.39. The van der Waals surface area contributed by atoms with Crippen LogP contribution in [0.3, 0.4) is 0 Å². The van der Waals surface area contributed by atoms with Crippen LogP contribution in [0.2, 0.25) is 0 Å². The van der Waals surface area contributed by atoms with Crippen LogP contribution < -0.4 is 0 Å². The van der Waals surface area contributed by atoms with Crippen LogP contribution in [-0.4, -0.2) is 0 Å². The molecule has 3 rings (SSSR count). The van der Waals surface area contributed by atoms with Crippen LogP contribution in [0.5, 0.6) is 0 Å². The van der Waals surface area contributed by atoms with Gasteiger partial charge < -0.3 is 0 Å². The number of aryl methyl sites for hydroxylation is 2. The topological polar surface area (TPSA) is 0 Å². The Labute approximate surface area is 119 Å². The summed E-state index contributed by atoms with van der Waals surface area (Å²) in [6.45, 7) is 8.74. The normalized spacial score (nSPS) is 24.8. The molecule has 0 spiro atoms. The van der Waals surface area contributed by atoms with Crippen molar-refractivity contribution in [2.75, 3.05) is 0 Å². The summed E-state index contributed by atoms with van der Waals surface area (Å²) < 4.78 is 0. The van der Waals surface area contributed by atoms with Crippen LogP contribution >= 0.6 is 0 Å². The lowest BCUT2D eigenvalue weighted by molar-refractivity contribution is 0.442. The average Bonchev–Trinajstić information content (AvgIpc) is 2.46. The van der Waals surface area contributed by atoms with Gasteiger partial charge in [0.2, 0.25) is 0 Å². The lowest BCUT2D eigenvalue weighted by Gasteiger charge is -2.28. The van der Waals surface area contributed by atoms with Crippen molar-refractivity contribution >= 4 is 0 Å². The lowest BCUT2D eigenvalue weighted by Crippen LogP contribution is -2.17. The molecule has 0 amide bonds. The van der Waals surface area contributed by atoms with Gasteiger partial charge in [-0.25, -0.2) is 0 Å². The summed E-state index contributed by atoms with van der Waals surface area (Å²) >= 11 is 0. The molecule has 2 aliphatic rings. The van der Waals surface area contributed by atoms with Gasteiger partial charge in [0.05, 0.1) is 0 Å². The molecule has 0 heteroatoms. The highest BCUT2D eigenvalue weighted by Gasteiger charge is 2.21. The molecule has 2 aliphatic carbocycles. The van der Waals surface area contributed by atoms with Gasteiger partial charge in [-0.1, -0.05) is 46.2 Å². The second-order valence-corrected chi connectivity index (χ2v) is 6.25. The fourth-order valence-electron chi connectivity index (χ4n) is 3.64. The summed E-state index contributed by atoms with van der Waals surface area (Å²) in [4.78, 5) is 0. The highest BCUT2D eigenvalue weighted by Crippen LogP contribution is 2.33. The van der Waals surface area contributed by atoms with Crippen molar-refractivity contribution in [2.24, 2.45) is 11.8 Å². The SMILES string of the molecule is CC.CCC1CCc2cc3c(cc2C1)CC(C)CC3. The maximum Gasteiger partial charge on any atom is -0.0248 e. The Bertz CT molecular complexity index is 416. The molecule has 0 nitrogen and oxygen atoms in total. The Morgan fingerprint density at radius 2 is 1.47 bits per heavy atom. The third-order valence-electron chi connectivity index (χ3n) is 4.90. The number of hydrogen-bond donors (Lipinski definition) is 0. The van der Waals surface area contributed by atoms with E-state index in [4.69, 9.17) is 0 Å². The Balaban J connectivity index is 0.000000637. The second kappa shape index (κ2) is 6.59. The molecule has 0 aromatic heterocycles. The second-order valence-electron chi connectivity index (χ2n) is 6.25. The summed E-state index contributed by atoms with van der Waals surface area (Å²) in [5.74, 6) is 1.84. The van der Waals surface area contributed by atoms with Crippen molar-refractivity contribution in [1.29, 1.82) is 0 Å². The number of rotatable bonds is 1. The number of benzene rings is 1. The Morgan fingerprint density at radius 3 is 2.16 bits per heavy atom. The number of fused-ring (bicyclic) bond motifs is 2. The van der Waals surface area contributed by atoms with Gasteiger partial charge in [0, 0.05) is 0 Å². The minimum Gasteiger partial charge on any atom is -0.0683 e. The third kappa shape index (κ3) is 3.22. The first kappa shape index (κ1) is 14.6. The molecule has 0 saturated heterocycles. The van der Waals surface area contributed by atoms with Crippen molar-refractivity contribution in [3.8, 4) is 0 Å². The van der Waals surface area contributed by atoms with Gasteiger partial charge in [-0.3, -0.25) is 0 Å². The van der Waals surface area contributed by atoms with Crippen molar-refractivity contribution in [1.82, 2.24) is 0 Å². The van der Waals surface area contributed by atoms with Gasteiger partial charge in [0.1, 0.15) is 0 Å². The van der Waals surface area contributed by atoms with E-state index in [9.17, 15) is 0 Å². The Kier molecular flexibility index (Phi) is 5.07. The predicted molar refractivity (Wildman–Crippen MR) is 84.8 cm³/mol. The molecule has 0 radical (unpaired) electrons. The molecule has 0 fully saturated rings. The molecule has 0 N–H and O–H groups in total. The maximum absolute atomic E-state index is 2.56. The zero-order valence-electron chi connectivity index (χ0n) is 13.3. The van der Waals surface area contributed by atoms with Crippen molar-refractivity contribution < 1.29 is 0 Å². The first-order valence-electron chi connectivity index (χ1n) is 8.39. The average molecular weight is 258 g/mol. The first-order chi connectivity index (χ1) is 9.26. The summed E-state index contributed by atoms with van der Waals surface area (Å²) in [6.07, 6.45) is 9.47. The van der Waals surface area contributed by atoms with E-state index in [0.717, 1.165) is 11.8 Å². The standard InChI is InChI=1S/C17H24.C2H6/c1-3-13-5-7-15-10-14-6-4-12(2)8-16(14)11-17(15)9-13;1-2/h10-13H,3-9H2,1-2H3;1-2H3. The number of hydrogen-bond acceptors (Lipinski definition) is 0. The molecule has 0 aliphatic heterocycles. The smallest absolute Gasteiger partial charge is 0.0248 e. The van der Waals surface area contributed by atoms with Gasteiger partial charge in [0.15, 0.2) is 0 Å². The Morgan fingerprint density at radius 1 is 0.895 bits per heavy atom. The molecule has 2 atom stereocenters. The highest BCUT2D eigenvalue weighted by atomic mass is 14.3. The summed E-state index contributed by atoms with van der Waals surface area (Å²) in [6, 6.07) is 5.10. The zero-order chi connectivity index (χ0) is 13.8. The van der Waals surface area contributed by atoms with Crippen LogP contribution in [0.25, 0.3) is 0 Å². The monoisotopic (exact) mass is 258 g/mol. The molecule has 106 valence electrons. The molecule has 1 aromatic rings. The van der Waals surface area contributed by atoms with Gasteiger partial charge in [-0.15, -0.1) is 0 Å². The van der Waals surface area contributed by atoms with Crippen LogP contribution in [0.4, 0.5) is 0 Å². The van der Waals surface area contributed by atoms with E-state index in [0.29, 0.717) is 0 Å². The fraction of sp³-hybridized carbons (Fsp3) is 0.684. The van der Waals surface area contributed by atoms with Crippen LogP contribution in [0.15, 0.2) is 12.1 Å². The van der Waals surface area contributed by atoms with E-state index in [1.807, 2.05) is 13.8 Å². The molecule has 0 heterocycles. The lowest BCUT2D eigenvalue weighted by atomic mass is 9.77. The summed E-state index contributed by atoms with van der Waals surface area (Å²) in [5.41, 5.74) is 6.68. The molecule has 19 heavy (non-hydrogen) atoms. The molecular formula is C19H30. The van der Waals surface area contributed by atoms with Crippen molar-refractivity contribution in [2.45, 2.75) is 72.6 Å². The van der Waals surface area contributed by atoms with Crippen LogP contribution in [0, 0.1) is 11.8 Å². The van der Waals surface area contributed by atoms with Crippen molar-refractivity contribution in [3.63, 3.8) is 0 Å². The molecular weight excluding hydrogens is 228 g/mol. The highest BCUT2D eigenvalue weighted by molar-refractivity contribution is 5.41. The third-order valence-corrected chi connectivity index (χ3v) is 4.90.